The molecule has 0 unspecified atom stereocenters. The second-order valence-electron chi connectivity index (χ2n) is 5.49. The summed E-state index contributed by atoms with van der Waals surface area (Å²) in [6.07, 6.45) is 0. The van der Waals surface area contributed by atoms with Crippen molar-refractivity contribution in [1.29, 1.82) is 0 Å². The lowest BCUT2D eigenvalue weighted by Crippen LogP contribution is -2.26. The zero-order chi connectivity index (χ0) is 18.4. The Hall–Kier alpha value is -2.21. The van der Waals surface area contributed by atoms with Crippen LogP contribution in [0.4, 0.5) is 0 Å². The topological polar surface area (TPSA) is 94.8 Å². The second kappa shape index (κ2) is 6.26. The lowest BCUT2D eigenvalue weighted by atomic mass is 9.88. The third-order valence-electron chi connectivity index (χ3n) is 4.07. The van der Waals surface area contributed by atoms with Gasteiger partial charge in [0.15, 0.2) is 5.78 Å². The van der Waals surface area contributed by atoms with Gasteiger partial charge in [-0.2, -0.15) is 0 Å². The van der Waals surface area contributed by atoms with Crippen LogP contribution in [0, 0.1) is 0 Å². The molecule has 0 saturated heterocycles. The fourth-order valence-electron chi connectivity index (χ4n) is 3.04. The molecule has 0 atom stereocenters. The average molecular weight is 363 g/mol. The normalized spacial score (nSPS) is 13.7. The van der Waals surface area contributed by atoms with Gasteiger partial charge in [0.1, 0.15) is 11.0 Å². The molecule has 1 heterocycles. The predicted molar refractivity (Wildman–Crippen MR) is 90.9 cm³/mol. The maximum Gasteiger partial charge on any atom is 0.367 e. The van der Waals surface area contributed by atoms with Gasteiger partial charge in [-0.25, -0.2) is 0 Å². The molecule has 3 rings (SSSR count). The SMILES string of the molecule is CCOP(=O)(OCC)c1c2c(n(C)c1O)C(=O)c1ccccc1C2=O. The van der Waals surface area contributed by atoms with E-state index in [0.29, 0.717) is 0 Å². The van der Waals surface area contributed by atoms with Crippen molar-refractivity contribution < 1.29 is 28.3 Å². The van der Waals surface area contributed by atoms with Gasteiger partial charge in [0, 0.05) is 18.2 Å². The van der Waals surface area contributed by atoms with E-state index in [1.165, 1.54) is 13.1 Å². The minimum Gasteiger partial charge on any atom is -0.494 e. The van der Waals surface area contributed by atoms with Crippen molar-refractivity contribution in [2.24, 2.45) is 7.05 Å². The first-order chi connectivity index (χ1) is 11.9. The molecular formula is C17H18NO6P. The van der Waals surface area contributed by atoms with E-state index in [0.717, 1.165) is 4.57 Å². The van der Waals surface area contributed by atoms with Crippen LogP contribution in [0.3, 0.4) is 0 Å². The van der Waals surface area contributed by atoms with E-state index in [1.807, 2.05) is 0 Å². The molecule has 0 bridgehead atoms. The van der Waals surface area contributed by atoms with Crippen molar-refractivity contribution in [3.05, 3.63) is 46.6 Å². The van der Waals surface area contributed by atoms with E-state index < -0.39 is 25.0 Å². The summed E-state index contributed by atoms with van der Waals surface area (Å²) < 4.78 is 24.9. The summed E-state index contributed by atoms with van der Waals surface area (Å²) in [7, 11) is -2.54. The summed E-state index contributed by atoms with van der Waals surface area (Å²) in [6, 6.07) is 6.37. The van der Waals surface area contributed by atoms with Gasteiger partial charge in [-0.3, -0.25) is 14.2 Å². The predicted octanol–water partition coefficient (Wildman–Crippen LogP) is 2.40. The molecule has 0 fully saturated rings. The summed E-state index contributed by atoms with van der Waals surface area (Å²) in [5.74, 6) is -1.38. The van der Waals surface area contributed by atoms with Crippen LogP contribution in [-0.4, -0.2) is 34.5 Å². The Morgan fingerprint density at radius 1 is 1.04 bits per heavy atom. The number of ketones is 2. The molecule has 25 heavy (non-hydrogen) atoms. The van der Waals surface area contributed by atoms with Crippen LogP contribution < -0.4 is 5.30 Å². The minimum absolute atomic E-state index is 0.0177. The maximum atomic E-state index is 13.2. The van der Waals surface area contributed by atoms with Gasteiger partial charge >= 0.3 is 7.60 Å². The highest BCUT2D eigenvalue weighted by molar-refractivity contribution is 7.62. The quantitative estimate of drug-likeness (QED) is 0.700. The van der Waals surface area contributed by atoms with Crippen molar-refractivity contribution in [2.75, 3.05) is 13.2 Å². The molecule has 0 amide bonds. The van der Waals surface area contributed by atoms with E-state index in [-0.39, 0.29) is 40.9 Å². The first-order valence-electron chi connectivity index (χ1n) is 7.87. The van der Waals surface area contributed by atoms with Gasteiger partial charge in [-0.05, 0) is 13.8 Å². The third kappa shape index (κ3) is 2.47. The second-order valence-corrected chi connectivity index (χ2v) is 7.45. The smallest absolute Gasteiger partial charge is 0.367 e. The van der Waals surface area contributed by atoms with Crippen molar-refractivity contribution in [2.45, 2.75) is 13.8 Å². The Balaban J connectivity index is 2.34. The molecule has 132 valence electrons. The number of carbonyl (C=O) groups is 2. The van der Waals surface area contributed by atoms with Gasteiger partial charge in [0.2, 0.25) is 11.7 Å². The number of aromatic nitrogens is 1. The summed E-state index contributed by atoms with van der Waals surface area (Å²) in [6.45, 7) is 3.36. The van der Waals surface area contributed by atoms with Crippen molar-refractivity contribution in [3.63, 3.8) is 0 Å². The summed E-state index contributed by atoms with van der Waals surface area (Å²) >= 11 is 0. The first kappa shape index (κ1) is 17.6. The Morgan fingerprint density at radius 2 is 1.56 bits per heavy atom. The summed E-state index contributed by atoms with van der Waals surface area (Å²) in [4.78, 5) is 25.8. The number of hydrogen-bond donors (Lipinski definition) is 1. The fourth-order valence-corrected chi connectivity index (χ4v) is 4.93. The fraction of sp³-hybridized carbons (Fsp3) is 0.294. The number of nitrogens with zero attached hydrogens (tertiary/aromatic N) is 1. The molecule has 0 radical (unpaired) electrons. The number of benzene rings is 1. The van der Waals surface area contributed by atoms with Crippen LogP contribution in [-0.2, 0) is 20.7 Å². The molecule has 2 aromatic rings. The molecule has 0 spiro atoms. The van der Waals surface area contributed by atoms with Crippen LogP contribution in [0.5, 0.6) is 5.88 Å². The lowest BCUT2D eigenvalue weighted by molar-refractivity contribution is 0.0974. The highest BCUT2D eigenvalue weighted by atomic mass is 31.2. The number of hydrogen-bond acceptors (Lipinski definition) is 6. The Labute approximate surface area is 144 Å². The molecule has 0 saturated carbocycles. The summed E-state index contributed by atoms with van der Waals surface area (Å²) in [5, 5.41) is 10.3. The molecule has 1 N–H and O–H groups in total. The van der Waals surface area contributed by atoms with Crippen LogP contribution in [0.25, 0.3) is 0 Å². The van der Waals surface area contributed by atoms with E-state index in [1.54, 1.807) is 32.0 Å². The Kier molecular flexibility index (Phi) is 4.41. The van der Waals surface area contributed by atoms with Crippen molar-refractivity contribution >= 4 is 24.5 Å². The largest absolute Gasteiger partial charge is 0.494 e. The van der Waals surface area contributed by atoms with Gasteiger partial charge in [0.25, 0.3) is 0 Å². The first-order valence-corrected chi connectivity index (χ1v) is 9.41. The van der Waals surface area contributed by atoms with E-state index >= 15 is 0 Å². The zero-order valence-corrected chi connectivity index (χ0v) is 15.0. The Morgan fingerprint density at radius 3 is 2.08 bits per heavy atom. The molecular weight excluding hydrogens is 345 g/mol. The molecule has 1 aromatic carbocycles. The van der Waals surface area contributed by atoms with E-state index in [9.17, 15) is 19.3 Å². The zero-order valence-electron chi connectivity index (χ0n) is 14.1. The van der Waals surface area contributed by atoms with Gasteiger partial charge in [-0.1, -0.05) is 24.3 Å². The number of rotatable bonds is 5. The lowest BCUT2D eigenvalue weighted by Gasteiger charge is -2.19. The molecule has 1 aromatic heterocycles. The van der Waals surface area contributed by atoms with E-state index in [4.69, 9.17) is 9.05 Å². The third-order valence-corrected chi connectivity index (χ3v) is 6.24. The molecule has 7 nitrogen and oxygen atoms in total. The number of aromatic hydroxyl groups is 1. The van der Waals surface area contributed by atoms with Crippen LogP contribution in [0.1, 0.15) is 45.8 Å². The average Bonchev–Trinajstić information content (AvgIpc) is 2.86. The summed E-state index contributed by atoms with van der Waals surface area (Å²) in [5.41, 5.74) is 0.311. The van der Waals surface area contributed by atoms with Gasteiger partial charge in [0.05, 0.1) is 18.8 Å². The maximum absolute atomic E-state index is 13.2. The molecule has 8 heteroatoms. The van der Waals surface area contributed by atoms with Crippen LogP contribution in [0.2, 0.25) is 0 Å². The van der Waals surface area contributed by atoms with Crippen LogP contribution in [0.15, 0.2) is 24.3 Å². The van der Waals surface area contributed by atoms with Crippen LogP contribution >= 0.6 is 7.60 Å². The van der Waals surface area contributed by atoms with Gasteiger partial charge < -0.3 is 18.7 Å². The number of carbonyl (C=O) groups excluding carboxylic acids is 2. The monoisotopic (exact) mass is 363 g/mol. The molecule has 1 aliphatic carbocycles. The highest BCUT2D eigenvalue weighted by Gasteiger charge is 2.44. The molecule has 0 aliphatic heterocycles. The van der Waals surface area contributed by atoms with Crippen molar-refractivity contribution in [3.8, 4) is 5.88 Å². The minimum atomic E-state index is -3.97. The Bertz CT molecular complexity index is 919. The highest BCUT2D eigenvalue weighted by Crippen LogP contribution is 2.52. The van der Waals surface area contributed by atoms with E-state index in [2.05, 4.69) is 0 Å². The number of fused-ring (bicyclic) bond motifs is 2. The standard InChI is InChI=1S/C17H18NO6P/c1-4-23-25(22,24-5-2)16-12-13(18(3)17(16)21)15(20)11-9-7-6-8-10(11)14(12)19/h6-9,21H,4-5H2,1-3H3. The molecule has 1 aliphatic rings. The van der Waals surface area contributed by atoms with Crippen molar-refractivity contribution in [1.82, 2.24) is 4.57 Å². The van der Waals surface area contributed by atoms with Gasteiger partial charge in [-0.15, -0.1) is 0 Å².